The second kappa shape index (κ2) is 8.42. The largest absolute Gasteiger partial charge is 0.389 e. The third-order valence-electron chi connectivity index (χ3n) is 11.1. The Morgan fingerprint density at radius 3 is 2.33 bits per heavy atom. The third-order valence-corrected chi connectivity index (χ3v) is 11.1. The first-order chi connectivity index (χ1) is 14.2. The first-order valence-electron chi connectivity index (χ1n) is 13.2. The smallest absolute Gasteiger partial charge is 0.0755 e. The fourth-order valence-corrected chi connectivity index (χ4v) is 9.28. The number of rotatable bonds is 5. The predicted octanol–water partition coefficient (Wildman–Crippen LogP) is 7.80. The number of hydrogen-bond donors (Lipinski definition) is 1. The highest BCUT2D eigenvalue weighted by Gasteiger charge is 2.60. The van der Waals surface area contributed by atoms with Crippen LogP contribution in [0.15, 0.2) is 24.3 Å². The molecule has 9 atom stereocenters. The maximum atomic E-state index is 11.1. The standard InChI is InChI=1S/C29H48O/c1-7-21(19(2)3)18-27(30)20(4)24-13-14-25-23-12-11-22-10-8-9-16-28(22,5)26(23)15-17-29(24,25)6/h7,18-20,22-27,30H,1,8-17H2,2-6H3/t20-,22?,23-,24+,25-,26-,27?,28-,29+/m0/s1. The van der Waals surface area contributed by atoms with Gasteiger partial charge in [0.1, 0.15) is 0 Å². The zero-order valence-electron chi connectivity index (χ0n) is 20.5. The second-order valence-electron chi connectivity index (χ2n) is 12.5. The summed E-state index contributed by atoms with van der Waals surface area (Å²) in [6.45, 7) is 16.0. The van der Waals surface area contributed by atoms with Crippen molar-refractivity contribution >= 4 is 0 Å². The Labute approximate surface area is 186 Å². The molecule has 0 heterocycles. The van der Waals surface area contributed by atoms with Gasteiger partial charge in [0, 0.05) is 0 Å². The Kier molecular flexibility index (Phi) is 6.35. The van der Waals surface area contributed by atoms with Crippen molar-refractivity contribution in [3.8, 4) is 0 Å². The lowest BCUT2D eigenvalue weighted by atomic mass is 9.44. The molecule has 0 aromatic carbocycles. The predicted molar refractivity (Wildman–Crippen MR) is 128 cm³/mol. The lowest BCUT2D eigenvalue weighted by Crippen LogP contribution is -2.53. The van der Waals surface area contributed by atoms with Gasteiger partial charge < -0.3 is 5.11 Å². The molecule has 0 bridgehead atoms. The molecule has 2 unspecified atom stereocenters. The van der Waals surface area contributed by atoms with Crippen LogP contribution in [0.5, 0.6) is 0 Å². The van der Waals surface area contributed by atoms with Crippen molar-refractivity contribution < 1.29 is 5.11 Å². The number of allylic oxidation sites excluding steroid dienone is 2. The van der Waals surface area contributed by atoms with Crippen molar-refractivity contribution in [1.82, 2.24) is 0 Å². The maximum Gasteiger partial charge on any atom is 0.0755 e. The quantitative estimate of drug-likeness (QED) is 0.457. The molecule has 0 aromatic heterocycles. The summed E-state index contributed by atoms with van der Waals surface area (Å²) in [6.07, 6.45) is 18.2. The zero-order chi connectivity index (χ0) is 21.7. The summed E-state index contributed by atoms with van der Waals surface area (Å²) in [6, 6.07) is 0. The van der Waals surface area contributed by atoms with E-state index < -0.39 is 0 Å². The van der Waals surface area contributed by atoms with Gasteiger partial charge in [0.2, 0.25) is 0 Å². The SMILES string of the molecule is C=CC(=CC(O)[C@@H](C)[C@H]1CC[C@H]2[C@@H]3CCC4CCCC[C@]4(C)[C@H]3CC[C@]12C)C(C)C. The van der Waals surface area contributed by atoms with Gasteiger partial charge in [-0.1, -0.05) is 66.2 Å². The van der Waals surface area contributed by atoms with Gasteiger partial charge in [0.15, 0.2) is 0 Å². The van der Waals surface area contributed by atoms with Crippen LogP contribution in [-0.2, 0) is 0 Å². The van der Waals surface area contributed by atoms with Gasteiger partial charge in [-0.3, -0.25) is 0 Å². The minimum absolute atomic E-state index is 0.340. The van der Waals surface area contributed by atoms with Gasteiger partial charge in [-0.25, -0.2) is 0 Å². The van der Waals surface area contributed by atoms with Gasteiger partial charge in [0.05, 0.1) is 6.10 Å². The van der Waals surface area contributed by atoms with E-state index in [1.54, 1.807) is 0 Å². The van der Waals surface area contributed by atoms with E-state index in [1.807, 2.05) is 6.08 Å². The van der Waals surface area contributed by atoms with E-state index in [0.717, 1.165) is 23.7 Å². The highest BCUT2D eigenvalue weighted by Crippen LogP contribution is 2.68. The van der Waals surface area contributed by atoms with Crippen LogP contribution >= 0.6 is 0 Å². The van der Waals surface area contributed by atoms with Crippen LogP contribution in [0.25, 0.3) is 0 Å². The highest BCUT2D eigenvalue weighted by atomic mass is 16.3. The summed E-state index contributed by atoms with van der Waals surface area (Å²) < 4.78 is 0. The molecule has 1 heteroatoms. The monoisotopic (exact) mass is 412 g/mol. The lowest BCUT2D eigenvalue weighted by molar-refractivity contribution is -0.116. The van der Waals surface area contributed by atoms with Gasteiger partial charge >= 0.3 is 0 Å². The number of aliphatic hydroxyl groups excluding tert-OH is 1. The van der Waals surface area contributed by atoms with Crippen molar-refractivity contribution in [2.75, 3.05) is 0 Å². The Bertz CT molecular complexity index is 661. The van der Waals surface area contributed by atoms with Crippen molar-refractivity contribution in [2.45, 2.75) is 105 Å². The average Bonchev–Trinajstić information content (AvgIpc) is 3.07. The molecule has 4 aliphatic rings. The van der Waals surface area contributed by atoms with Crippen molar-refractivity contribution in [2.24, 2.45) is 52.3 Å². The fourth-order valence-electron chi connectivity index (χ4n) is 9.28. The van der Waals surface area contributed by atoms with Gasteiger partial charge in [-0.15, -0.1) is 0 Å². The van der Waals surface area contributed by atoms with E-state index >= 15 is 0 Å². The Balaban J connectivity index is 1.53. The number of aliphatic hydroxyl groups is 1. The number of hydrogen-bond acceptors (Lipinski definition) is 1. The Morgan fingerprint density at radius 2 is 1.63 bits per heavy atom. The van der Waals surface area contributed by atoms with Crippen LogP contribution in [0.4, 0.5) is 0 Å². The summed E-state index contributed by atoms with van der Waals surface area (Å²) in [5.74, 6) is 5.25. The van der Waals surface area contributed by atoms with Gasteiger partial charge in [-0.05, 0) is 109 Å². The molecule has 4 fully saturated rings. The fraction of sp³-hybridized carbons (Fsp3) is 0.862. The molecule has 0 saturated heterocycles. The highest BCUT2D eigenvalue weighted by molar-refractivity contribution is 5.21. The van der Waals surface area contributed by atoms with Crippen LogP contribution in [-0.4, -0.2) is 11.2 Å². The molecule has 0 amide bonds. The molecule has 0 spiro atoms. The van der Waals surface area contributed by atoms with Crippen LogP contribution in [0, 0.1) is 52.3 Å². The molecule has 0 radical (unpaired) electrons. The first-order valence-corrected chi connectivity index (χ1v) is 13.2. The zero-order valence-corrected chi connectivity index (χ0v) is 20.5. The van der Waals surface area contributed by atoms with Crippen molar-refractivity contribution in [3.05, 3.63) is 24.3 Å². The van der Waals surface area contributed by atoms with Crippen molar-refractivity contribution in [3.63, 3.8) is 0 Å². The minimum Gasteiger partial charge on any atom is -0.389 e. The van der Waals surface area contributed by atoms with Crippen LogP contribution in [0.1, 0.15) is 98.8 Å². The van der Waals surface area contributed by atoms with Gasteiger partial charge in [-0.2, -0.15) is 0 Å². The molecule has 4 saturated carbocycles. The van der Waals surface area contributed by atoms with E-state index in [2.05, 4.69) is 47.3 Å². The van der Waals surface area contributed by atoms with Crippen molar-refractivity contribution in [1.29, 1.82) is 0 Å². The molecule has 170 valence electrons. The molecule has 4 rings (SSSR count). The minimum atomic E-state index is -0.342. The molecule has 4 aliphatic carbocycles. The van der Waals surface area contributed by atoms with Crippen LogP contribution in [0.2, 0.25) is 0 Å². The number of fused-ring (bicyclic) bond motifs is 5. The van der Waals surface area contributed by atoms with E-state index in [-0.39, 0.29) is 6.10 Å². The van der Waals surface area contributed by atoms with Gasteiger partial charge in [0.25, 0.3) is 0 Å². The molecular formula is C29H48O. The molecule has 1 N–H and O–H groups in total. The van der Waals surface area contributed by atoms with E-state index in [4.69, 9.17) is 0 Å². The Hall–Kier alpha value is -0.560. The molecule has 1 nitrogen and oxygen atoms in total. The third kappa shape index (κ3) is 3.56. The first kappa shape index (κ1) is 22.6. The van der Waals surface area contributed by atoms with E-state index in [9.17, 15) is 5.11 Å². The molecule has 30 heavy (non-hydrogen) atoms. The lowest BCUT2D eigenvalue weighted by Gasteiger charge is -2.61. The maximum absolute atomic E-state index is 11.1. The normalized spacial score (nSPS) is 46.0. The summed E-state index contributed by atoms with van der Waals surface area (Å²) in [5.41, 5.74) is 2.26. The average molecular weight is 413 g/mol. The summed E-state index contributed by atoms with van der Waals surface area (Å²) in [7, 11) is 0. The molecular weight excluding hydrogens is 364 g/mol. The topological polar surface area (TPSA) is 20.2 Å². The van der Waals surface area contributed by atoms with E-state index in [1.165, 1.54) is 69.8 Å². The Morgan fingerprint density at radius 1 is 0.900 bits per heavy atom. The second-order valence-corrected chi connectivity index (χ2v) is 12.5. The summed E-state index contributed by atoms with van der Waals surface area (Å²) in [4.78, 5) is 0. The summed E-state index contributed by atoms with van der Waals surface area (Å²) in [5, 5.41) is 11.1. The molecule has 0 aliphatic heterocycles. The molecule has 0 aromatic rings. The van der Waals surface area contributed by atoms with E-state index in [0.29, 0.717) is 28.6 Å². The van der Waals surface area contributed by atoms with Crippen LogP contribution < -0.4 is 0 Å². The summed E-state index contributed by atoms with van der Waals surface area (Å²) >= 11 is 0. The van der Waals surface area contributed by atoms with Crippen LogP contribution in [0.3, 0.4) is 0 Å².